The van der Waals surface area contributed by atoms with Gasteiger partial charge in [-0.15, -0.1) is 0 Å². The summed E-state index contributed by atoms with van der Waals surface area (Å²) < 4.78 is 20.2. The van der Waals surface area contributed by atoms with Gasteiger partial charge in [0.1, 0.15) is 0 Å². The molecule has 1 unspecified atom stereocenters. The number of aryl methyl sites for hydroxylation is 2. The summed E-state index contributed by atoms with van der Waals surface area (Å²) in [6.07, 6.45) is 0. The summed E-state index contributed by atoms with van der Waals surface area (Å²) in [5, 5.41) is 0. The summed E-state index contributed by atoms with van der Waals surface area (Å²) >= 11 is -1.91. The molecule has 88 valence electrons. The predicted molar refractivity (Wildman–Crippen MR) is 70.4 cm³/mol. The molecule has 0 bridgehead atoms. The highest BCUT2D eigenvalue weighted by Crippen LogP contribution is 2.28. The Morgan fingerprint density at radius 1 is 1.00 bits per heavy atom. The zero-order valence-electron chi connectivity index (χ0n) is 9.81. The average molecular weight is 246 g/mol. The van der Waals surface area contributed by atoms with Crippen molar-refractivity contribution >= 4 is 11.1 Å². The molecule has 0 heterocycles. The van der Waals surface area contributed by atoms with E-state index in [-0.39, 0.29) is 0 Å². The van der Waals surface area contributed by atoms with Gasteiger partial charge in [0.05, 0.1) is 4.90 Å². The highest BCUT2D eigenvalue weighted by Gasteiger charge is 2.09. The number of benzene rings is 2. The minimum atomic E-state index is -1.91. The molecule has 0 saturated carbocycles. The lowest BCUT2D eigenvalue weighted by molar-refractivity contribution is 0.564. The zero-order valence-corrected chi connectivity index (χ0v) is 10.6. The van der Waals surface area contributed by atoms with Crippen LogP contribution in [-0.4, -0.2) is 8.76 Å². The second kappa shape index (κ2) is 4.82. The van der Waals surface area contributed by atoms with Crippen LogP contribution >= 0.6 is 0 Å². The molecule has 0 aliphatic rings. The molecule has 0 aliphatic carbocycles. The van der Waals surface area contributed by atoms with E-state index in [4.69, 9.17) is 4.55 Å². The van der Waals surface area contributed by atoms with E-state index in [1.54, 1.807) is 12.1 Å². The Hall–Kier alpha value is -1.45. The van der Waals surface area contributed by atoms with Gasteiger partial charge < -0.3 is 4.55 Å². The monoisotopic (exact) mass is 246 g/mol. The summed E-state index contributed by atoms with van der Waals surface area (Å²) in [4.78, 5) is 0.458. The van der Waals surface area contributed by atoms with E-state index in [0.29, 0.717) is 4.90 Å². The third-order valence-corrected chi connectivity index (χ3v) is 3.41. The SMILES string of the molecule is Cc1cc(S(=O)O)cc(C)c1-c1ccccc1. The second-order valence-electron chi connectivity index (χ2n) is 4.05. The first-order chi connectivity index (χ1) is 8.09. The molecule has 2 rings (SSSR count). The Balaban J connectivity index is 2.61. The topological polar surface area (TPSA) is 37.3 Å². The molecule has 0 spiro atoms. The van der Waals surface area contributed by atoms with Crippen molar-refractivity contribution in [3.05, 3.63) is 53.6 Å². The lowest BCUT2D eigenvalue weighted by Crippen LogP contribution is -1.94. The van der Waals surface area contributed by atoms with Crippen LogP contribution in [0.4, 0.5) is 0 Å². The third kappa shape index (κ3) is 2.46. The van der Waals surface area contributed by atoms with Crippen LogP contribution in [0, 0.1) is 13.8 Å². The van der Waals surface area contributed by atoms with Gasteiger partial charge in [0.25, 0.3) is 0 Å². The maximum Gasteiger partial charge on any atom is 0.186 e. The Morgan fingerprint density at radius 3 is 2.00 bits per heavy atom. The van der Waals surface area contributed by atoms with Crippen molar-refractivity contribution in [1.29, 1.82) is 0 Å². The van der Waals surface area contributed by atoms with Gasteiger partial charge >= 0.3 is 0 Å². The fourth-order valence-corrected chi connectivity index (χ4v) is 2.64. The van der Waals surface area contributed by atoms with Crippen LogP contribution in [-0.2, 0) is 11.1 Å². The van der Waals surface area contributed by atoms with Gasteiger partial charge in [-0.3, -0.25) is 0 Å². The molecule has 0 radical (unpaired) electrons. The van der Waals surface area contributed by atoms with E-state index >= 15 is 0 Å². The first-order valence-electron chi connectivity index (χ1n) is 5.37. The van der Waals surface area contributed by atoms with Crippen molar-refractivity contribution in [3.8, 4) is 11.1 Å². The van der Waals surface area contributed by atoms with Crippen LogP contribution in [0.3, 0.4) is 0 Å². The van der Waals surface area contributed by atoms with Crippen molar-refractivity contribution in [3.63, 3.8) is 0 Å². The van der Waals surface area contributed by atoms with E-state index < -0.39 is 11.1 Å². The molecule has 0 fully saturated rings. The molecule has 1 atom stereocenters. The molecule has 17 heavy (non-hydrogen) atoms. The van der Waals surface area contributed by atoms with Gasteiger partial charge in [-0.05, 0) is 48.2 Å². The van der Waals surface area contributed by atoms with Gasteiger partial charge in [0.15, 0.2) is 11.1 Å². The normalized spacial score (nSPS) is 12.4. The summed E-state index contributed by atoms with van der Waals surface area (Å²) in [5.74, 6) is 0. The smallest absolute Gasteiger partial charge is 0.186 e. The average Bonchev–Trinajstić information content (AvgIpc) is 2.29. The fourth-order valence-electron chi connectivity index (χ4n) is 2.08. The lowest BCUT2D eigenvalue weighted by atomic mass is 9.96. The van der Waals surface area contributed by atoms with Crippen molar-refractivity contribution in [2.75, 3.05) is 0 Å². The fraction of sp³-hybridized carbons (Fsp3) is 0.143. The molecule has 0 saturated heterocycles. The van der Waals surface area contributed by atoms with Crippen LogP contribution in [0.5, 0.6) is 0 Å². The molecule has 2 aromatic carbocycles. The van der Waals surface area contributed by atoms with E-state index in [1.807, 2.05) is 44.2 Å². The van der Waals surface area contributed by atoms with E-state index in [9.17, 15) is 4.21 Å². The number of hydrogen-bond donors (Lipinski definition) is 1. The third-order valence-electron chi connectivity index (χ3n) is 2.77. The van der Waals surface area contributed by atoms with E-state index in [0.717, 1.165) is 22.3 Å². The van der Waals surface area contributed by atoms with E-state index in [2.05, 4.69) is 0 Å². The van der Waals surface area contributed by atoms with Gasteiger partial charge in [0.2, 0.25) is 0 Å². The summed E-state index contributed by atoms with van der Waals surface area (Å²) in [6, 6.07) is 13.6. The summed E-state index contributed by atoms with van der Waals surface area (Å²) in [7, 11) is 0. The number of hydrogen-bond acceptors (Lipinski definition) is 1. The largest absolute Gasteiger partial charge is 0.302 e. The predicted octanol–water partition coefficient (Wildman–Crippen LogP) is 3.55. The maximum absolute atomic E-state index is 11.1. The van der Waals surface area contributed by atoms with Crippen molar-refractivity contribution in [2.24, 2.45) is 0 Å². The van der Waals surface area contributed by atoms with E-state index in [1.165, 1.54) is 0 Å². The Bertz CT molecular complexity index is 539. The van der Waals surface area contributed by atoms with Gasteiger partial charge in [-0.2, -0.15) is 0 Å². The second-order valence-corrected chi connectivity index (χ2v) is 5.02. The van der Waals surface area contributed by atoms with Crippen LogP contribution in [0.1, 0.15) is 11.1 Å². The highest BCUT2D eigenvalue weighted by molar-refractivity contribution is 7.79. The lowest BCUT2D eigenvalue weighted by Gasteiger charge is -2.11. The molecule has 2 nitrogen and oxygen atoms in total. The van der Waals surface area contributed by atoms with Crippen LogP contribution in [0.25, 0.3) is 11.1 Å². The van der Waals surface area contributed by atoms with Crippen LogP contribution in [0.15, 0.2) is 47.4 Å². The molecule has 1 N–H and O–H groups in total. The van der Waals surface area contributed by atoms with Gasteiger partial charge in [-0.25, -0.2) is 4.21 Å². The molecule has 3 heteroatoms. The molecule has 0 aliphatic heterocycles. The van der Waals surface area contributed by atoms with Crippen molar-refractivity contribution in [1.82, 2.24) is 0 Å². The zero-order chi connectivity index (χ0) is 12.4. The molecule has 0 amide bonds. The van der Waals surface area contributed by atoms with Gasteiger partial charge in [0, 0.05) is 0 Å². The number of rotatable bonds is 2. The quantitative estimate of drug-likeness (QED) is 0.823. The molecule has 0 aromatic heterocycles. The minimum Gasteiger partial charge on any atom is -0.302 e. The highest BCUT2D eigenvalue weighted by atomic mass is 32.2. The summed E-state index contributed by atoms with van der Waals surface area (Å²) in [5.41, 5.74) is 4.32. The molecular formula is C14H14O2S. The standard InChI is InChI=1S/C14H14O2S/c1-10-8-13(17(15)16)9-11(2)14(10)12-6-4-3-5-7-12/h3-9H,1-2H3,(H,15,16). The molecule has 2 aromatic rings. The van der Waals surface area contributed by atoms with Crippen molar-refractivity contribution in [2.45, 2.75) is 18.7 Å². The van der Waals surface area contributed by atoms with Crippen LogP contribution in [0.2, 0.25) is 0 Å². The van der Waals surface area contributed by atoms with Crippen molar-refractivity contribution < 1.29 is 8.76 Å². The maximum atomic E-state index is 11.1. The molecular weight excluding hydrogens is 232 g/mol. The Morgan fingerprint density at radius 2 is 1.53 bits per heavy atom. The Labute approximate surface area is 104 Å². The first kappa shape index (κ1) is 12.0. The minimum absolute atomic E-state index is 0.458. The Kier molecular flexibility index (Phi) is 3.41. The van der Waals surface area contributed by atoms with Gasteiger partial charge in [-0.1, -0.05) is 30.3 Å². The van der Waals surface area contributed by atoms with Crippen LogP contribution < -0.4 is 0 Å². The summed E-state index contributed by atoms with van der Waals surface area (Å²) in [6.45, 7) is 3.93. The first-order valence-corrected chi connectivity index (χ1v) is 6.48.